The van der Waals surface area contributed by atoms with Gasteiger partial charge in [0.2, 0.25) is 5.82 Å². The van der Waals surface area contributed by atoms with Crippen LogP contribution in [0.2, 0.25) is 0 Å². The molecule has 1 aliphatic heterocycles. The molecule has 2 unspecified atom stereocenters. The summed E-state index contributed by atoms with van der Waals surface area (Å²) in [5.74, 6) is 0.472. The maximum atomic E-state index is 11.5. The van der Waals surface area contributed by atoms with Crippen molar-refractivity contribution in [1.82, 2.24) is 9.97 Å². The number of aliphatic hydroxyl groups excluding tert-OH is 1. The fraction of sp³-hybridized carbons (Fsp3) is 0.615. The van der Waals surface area contributed by atoms with Crippen molar-refractivity contribution in [3.8, 4) is 0 Å². The highest BCUT2D eigenvalue weighted by molar-refractivity contribution is 5.85. The average Bonchev–Trinajstić information content (AvgIpc) is 2.40. The van der Waals surface area contributed by atoms with Gasteiger partial charge in [-0.05, 0) is 19.3 Å². The van der Waals surface area contributed by atoms with Crippen LogP contribution in [0, 0.1) is 12.8 Å². The Morgan fingerprint density at radius 1 is 1.53 bits per heavy atom. The monoisotopic (exact) mass is 265 g/mol. The summed E-state index contributed by atoms with van der Waals surface area (Å²) in [6.45, 7) is 5.18. The minimum atomic E-state index is -0.545. The van der Waals surface area contributed by atoms with Gasteiger partial charge in [0.15, 0.2) is 0 Å². The summed E-state index contributed by atoms with van der Waals surface area (Å²) in [6.07, 6.45) is 0.531. The van der Waals surface area contributed by atoms with Crippen LogP contribution in [0.3, 0.4) is 0 Å². The summed E-state index contributed by atoms with van der Waals surface area (Å²) in [4.78, 5) is 21.8. The number of methoxy groups -OCH3 is 1. The molecule has 0 aromatic carbocycles. The standard InChI is InChI=1S/C13H19N3O3/c1-8-4-5-16(7-10(8)17)11-6-9(2)14-12(15-11)13(18)19-3/h6,8,10,17H,4-5,7H2,1-3H3. The molecule has 1 aromatic heterocycles. The van der Waals surface area contributed by atoms with Crippen LogP contribution in [0.4, 0.5) is 5.82 Å². The number of nitrogens with zero attached hydrogens (tertiary/aromatic N) is 3. The van der Waals surface area contributed by atoms with E-state index in [9.17, 15) is 9.90 Å². The molecule has 0 radical (unpaired) electrons. The van der Waals surface area contributed by atoms with E-state index in [0.717, 1.165) is 13.0 Å². The molecule has 1 fully saturated rings. The van der Waals surface area contributed by atoms with Crippen LogP contribution in [-0.2, 0) is 4.74 Å². The van der Waals surface area contributed by atoms with Gasteiger partial charge in [-0.25, -0.2) is 14.8 Å². The third kappa shape index (κ3) is 3.01. The number of carbonyl (C=O) groups is 1. The number of aryl methyl sites for hydroxylation is 1. The van der Waals surface area contributed by atoms with Gasteiger partial charge in [-0.3, -0.25) is 0 Å². The summed E-state index contributed by atoms with van der Waals surface area (Å²) < 4.78 is 4.64. The maximum Gasteiger partial charge on any atom is 0.376 e. The third-order valence-electron chi connectivity index (χ3n) is 3.45. The summed E-state index contributed by atoms with van der Waals surface area (Å²) >= 11 is 0. The number of carbonyl (C=O) groups excluding carboxylic acids is 1. The van der Waals surface area contributed by atoms with Crippen molar-refractivity contribution in [3.63, 3.8) is 0 Å². The molecule has 0 bridgehead atoms. The molecule has 0 aliphatic carbocycles. The summed E-state index contributed by atoms with van der Waals surface area (Å²) in [5.41, 5.74) is 0.707. The summed E-state index contributed by atoms with van der Waals surface area (Å²) in [6, 6.07) is 1.81. The Kier molecular flexibility index (Phi) is 3.99. The molecule has 2 atom stereocenters. The van der Waals surface area contributed by atoms with Crippen LogP contribution < -0.4 is 4.90 Å². The Morgan fingerprint density at radius 3 is 2.89 bits per heavy atom. The van der Waals surface area contributed by atoms with Crippen LogP contribution in [0.15, 0.2) is 6.07 Å². The highest BCUT2D eigenvalue weighted by Gasteiger charge is 2.26. The molecular formula is C13H19N3O3. The van der Waals surface area contributed by atoms with Gasteiger partial charge in [-0.15, -0.1) is 0 Å². The molecule has 6 heteroatoms. The van der Waals surface area contributed by atoms with Crippen molar-refractivity contribution in [2.45, 2.75) is 26.4 Å². The number of β-amino-alcohol motifs (C(OH)–C–C–N with tert-alkyl or cyclic N) is 1. The number of piperidine rings is 1. The lowest BCUT2D eigenvalue weighted by Crippen LogP contribution is -2.43. The van der Waals surface area contributed by atoms with E-state index in [1.54, 1.807) is 6.92 Å². The molecule has 2 rings (SSSR count). The molecule has 1 saturated heterocycles. The number of ether oxygens (including phenoxy) is 1. The zero-order chi connectivity index (χ0) is 14.0. The number of hydrogen-bond donors (Lipinski definition) is 1. The number of anilines is 1. The Bertz CT molecular complexity index is 478. The van der Waals surface area contributed by atoms with Gasteiger partial charge < -0.3 is 14.7 Å². The number of aromatic nitrogens is 2. The first-order valence-electron chi connectivity index (χ1n) is 6.38. The molecule has 1 N–H and O–H groups in total. The van der Waals surface area contributed by atoms with Crippen molar-refractivity contribution in [2.24, 2.45) is 5.92 Å². The van der Waals surface area contributed by atoms with E-state index in [1.807, 2.05) is 17.9 Å². The fourth-order valence-corrected chi connectivity index (χ4v) is 2.15. The first kappa shape index (κ1) is 13.7. The van der Waals surface area contributed by atoms with E-state index >= 15 is 0 Å². The Morgan fingerprint density at radius 2 is 2.26 bits per heavy atom. The molecule has 0 amide bonds. The Labute approximate surface area is 112 Å². The molecule has 1 aliphatic rings. The van der Waals surface area contributed by atoms with E-state index < -0.39 is 5.97 Å². The van der Waals surface area contributed by atoms with Gasteiger partial charge in [0.25, 0.3) is 0 Å². The van der Waals surface area contributed by atoms with Crippen LogP contribution in [0.1, 0.15) is 29.7 Å². The zero-order valence-electron chi connectivity index (χ0n) is 11.5. The topological polar surface area (TPSA) is 75.5 Å². The van der Waals surface area contributed by atoms with Gasteiger partial charge in [-0.2, -0.15) is 0 Å². The highest BCUT2D eigenvalue weighted by atomic mass is 16.5. The zero-order valence-corrected chi connectivity index (χ0v) is 11.5. The minimum Gasteiger partial charge on any atom is -0.463 e. The van der Waals surface area contributed by atoms with Gasteiger partial charge in [0.05, 0.1) is 13.2 Å². The van der Waals surface area contributed by atoms with E-state index in [-0.39, 0.29) is 11.9 Å². The van der Waals surface area contributed by atoms with Crippen LogP contribution in [0.5, 0.6) is 0 Å². The quantitative estimate of drug-likeness (QED) is 0.796. The van der Waals surface area contributed by atoms with E-state index in [4.69, 9.17) is 0 Å². The van der Waals surface area contributed by atoms with Gasteiger partial charge >= 0.3 is 5.97 Å². The lowest BCUT2D eigenvalue weighted by Gasteiger charge is -2.35. The smallest absolute Gasteiger partial charge is 0.376 e. The molecule has 19 heavy (non-hydrogen) atoms. The number of hydrogen-bond acceptors (Lipinski definition) is 6. The second kappa shape index (κ2) is 5.52. The molecule has 2 heterocycles. The summed E-state index contributed by atoms with van der Waals surface area (Å²) in [5, 5.41) is 9.93. The molecule has 104 valence electrons. The predicted molar refractivity (Wildman–Crippen MR) is 70.1 cm³/mol. The lowest BCUT2D eigenvalue weighted by atomic mass is 9.96. The number of rotatable bonds is 2. The van der Waals surface area contributed by atoms with Crippen LogP contribution in [-0.4, -0.2) is 47.3 Å². The van der Waals surface area contributed by atoms with Gasteiger partial charge in [0.1, 0.15) is 5.82 Å². The molecule has 0 saturated carbocycles. The van der Waals surface area contributed by atoms with Crippen molar-refractivity contribution in [2.75, 3.05) is 25.1 Å². The Balaban J connectivity index is 2.25. The Hall–Kier alpha value is -1.69. The second-order valence-electron chi connectivity index (χ2n) is 4.96. The third-order valence-corrected chi connectivity index (χ3v) is 3.45. The first-order valence-corrected chi connectivity index (χ1v) is 6.38. The second-order valence-corrected chi connectivity index (χ2v) is 4.96. The molecule has 0 spiro atoms. The molecule has 6 nitrogen and oxygen atoms in total. The summed E-state index contributed by atoms with van der Waals surface area (Å²) in [7, 11) is 1.31. The van der Waals surface area contributed by atoms with Crippen molar-refractivity contribution < 1.29 is 14.6 Å². The average molecular weight is 265 g/mol. The van der Waals surface area contributed by atoms with Crippen molar-refractivity contribution in [1.29, 1.82) is 0 Å². The fourth-order valence-electron chi connectivity index (χ4n) is 2.15. The largest absolute Gasteiger partial charge is 0.463 e. The first-order chi connectivity index (χ1) is 9.01. The van der Waals surface area contributed by atoms with Crippen LogP contribution >= 0.6 is 0 Å². The van der Waals surface area contributed by atoms with Crippen molar-refractivity contribution >= 4 is 11.8 Å². The highest BCUT2D eigenvalue weighted by Crippen LogP contribution is 2.22. The predicted octanol–water partition coefficient (Wildman–Crippen LogP) is 0.779. The minimum absolute atomic E-state index is 0.0608. The van der Waals surface area contributed by atoms with E-state index in [0.29, 0.717) is 24.0 Å². The normalized spacial score (nSPS) is 23.3. The van der Waals surface area contributed by atoms with Crippen molar-refractivity contribution in [3.05, 3.63) is 17.6 Å². The van der Waals surface area contributed by atoms with Gasteiger partial charge in [0, 0.05) is 24.8 Å². The SMILES string of the molecule is COC(=O)c1nc(C)cc(N2CCC(C)C(O)C2)n1. The lowest BCUT2D eigenvalue weighted by molar-refractivity contribution is 0.0586. The molecular weight excluding hydrogens is 246 g/mol. The van der Waals surface area contributed by atoms with E-state index in [2.05, 4.69) is 14.7 Å². The van der Waals surface area contributed by atoms with Gasteiger partial charge in [-0.1, -0.05) is 6.92 Å². The van der Waals surface area contributed by atoms with Crippen LogP contribution in [0.25, 0.3) is 0 Å². The van der Waals surface area contributed by atoms with E-state index in [1.165, 1.54) is 7.11 Å². The number of esters is 1. The molecule has 1 aromatic rings. The number of aliphatic hydroxyl groups is 1. The maximum absolute atomic E-state index is 11.5.